The van der Waals surface area contributed by atoms with E-state index in [2.05, 4.69) is 10.3 Å². The normalized spacial score (nSPS) is 19.1. The third-order valence-electron chi connectivity index (χ3n) is 9.62. The molecule has 4 aromatic rings. The molecule has 1 amide bonds. The maximum absolute atomic E-state index is 13.1. The van der Waals surface area contributed by atoms with Gasteiger partial charge in [0.1, 0.15) is 25.1 Å². The summed E-state index contributed by atoms with van der Waals surface area (Å²) < 4.78 is 49.6. The largest absolute Gasteiger partial charge is 0.491 e. The highest BCUT2D eigenvalue weighted by molar-refractivity contribution is 5.98. The summed E-state index contributed by atoms with van der Waals surface area (Å²) in [6.07, 6.45) is 5.02. The van der Waals surface area contributed by atoms with E-state index in [0.29, 0.717) is 24.9 Å². The van der Waals surface area contributed by atoms with Gasteiger partial charge in [-0.3, -0.25) is 14.6 Å². The highest BCUT2D eigenvalue weighted by Crippen LogP contribution is 2.36. The van der Waals surface area contributed by atoms with Gasteiger partial charge in [0.2, 0.25) is 5.91 Å². The first-order valence-electron chi connectivity index (χ1n) is 18.2. The lowest BCUT2D eigenvalue weighted by molar-refractivity contribution is -0.145. The maximum atomic E-state index is 13.1. The average molecular weight is 835 g/mol. The number of carbonyl (C=O) groups excluding carboxylic acids is 2. The minimum atomic E-state index is -4.51. The van der Waals surface area contributed by atoms with Gasteiger partial charge in [0.05, 0.1) is 23.7 Å². The number of ether oxygens (including phenoxy) is 2. The number of hydrogen-bond acceptors (Lipinski definition) is 9. The number of allylic oxidation sites excluding steroid dienone is 2. The van der Waals surface area contributed by atoms with Crippen molar-refractivity contribution in [3.63, 3.8) is 0 Å². The van der Waals surface area contributed by atoms with Crippen LogP contribution in [0.25, 0.3) is 10.8 Å². The molecule has 0 spiro atoms. The number of rotatable bonds is 17. The average Bonchev–Trinajstić information content (AvgIpc) is 3.44. The number of nitrogens with zero attached hydrogens (tertiary/aromatic N) is 1. The molecule has 0 saturated heterocycles. The number of benzene rings is 3. The molecule has 57 heavy (non-hydrogen) atoms. The van der Waals surface area contributed by atoms with Crippen LogP contribution in [0, 0.1) is 11.8 Å². The molecule has 308 valence electrons. The van der Waals surface area contributed by atoms with E-state index in [1.54, 1.807) is 42.7 Å². The van der Waals surface area contributed by atoms with Crippen molar-refractivity contribution >= 4 is 53.2 Å². The smallest absolute Gasteiger partial charge is 0.416 e. The van der Waals surface area contributed by atoms with Crippen molar-refractivity contribution in [1.82, 2.24) is 4.98 Å². The fourth-order valence-corrected chi connectivity index (χ4v) is 6.56. The van der Waals surface area contributed by atoms with Crippen molar-refractivity contribution in [2.45, 2.75) is 69.1 Å². The number of aromatic nitrogens is 1. The fourth-order valence-electron chi connectivity index (χ4n) is 6.56. The number of alkyl halides is 3. The van der Waals surface area contributed by atoms with Crippen LogP contribution in [0.5, 0.6) is 5.75 Å². The van der Waals surface area contributed by atoms with Gasteiger partial charge >= 0.3 is 12.1 Å². The second-order valence-corrected chi connectivity index (χ2v) is 13.6. The van der Waals surface area contributed by atoms with E-state index in [9.17, 15) is 38.1 Å². The summed E-state index contributed by atoms with van der Waals surface area (Å²) in [5, 5.41) is 36.2. The van der Waals surface area contributed by atoms with Gasteiger partial charge < -0.3 is 35.8 Å². The van der Waals surface area contributed by atoms with Gasteiger partial charge in [-0.05, 0) is 78.1 Å². The number of anilines is 1. The molecule has 1 unspecified atom stereocenters. The molecule has 0 aliphatic heterocycles. The van der Waals surface area contributed by atoms with Crippen LogP contribution in [0.4, 0.5) is 18.9 Å². The minimum Gasteiger partial charge on any atom is -0.491 e. The van der Waals surface area contributed by atoms with Crippen LogP contribution in [0.1, 0.15) is 54.7 Å². The molecular formula is C42H48Cl2F3N3O7. The standard InChI is InChI=1S/C42H46F3N3O7.2ClH/c43-42(44,45)31-6-5-7-34(21-31)54-26-33(49)16-17-36-35(38(50)22-39(36)51)8-3-1-2-4-9-40(52)55-25-27-10-12-28(13-11-27)37(23-46)41(53)48-32-15-14-30-24-47-19-18-29(30)20-32;;/h1,3,5-7,10-21,24,33,35-39,49-51H,2,4,8-9,22-23,25-26,46H2,(H,48,53);2*1H/t33-,35-,36-,37?,38+,39-;;/m1../s1. The number of pyridine rings is 1. The van der Waals surface area contributed by atoms with Gasteiger partial charge in [-0.1, -0.05) is 60.7 Å². The first-order chi connectivity index (χ1) is 26.4. The van der Waals surface area contributed by atoms with Gasteiger partial charge in [-0.15, -0.1) is 24.8 Å². The van der Waals surface area contributed by atoms with E-state index in [1.165, 1.54) is 18.2 Å². The van der Waals surface area contributed by atoms with E-state index < -0.39 is 41.9 Å². The number of aliphatic hydroxyl groups excluding tert-OH is 3. The Morgan fingerprint density at radius 3 is 2.49 bits per heavy atom. The molecule has 6 N–H and O–H groups in total. The topological polar surface area (TPSA) is 164 Å². The summed E-state index contributed by atoms with van der Waals surface area (Å²) in [4.78, 5) is 29.6. The van der Waals surface area contributed by atoms with Crippen LogP contribution in [-0.2, 0) is 27.1 Å². The maximum Gasteiger partial charge on any atom is 0.416 e. The molecule has 0 radical (unpaired) electrons. The molecule has 6 atom stereocenters. The Hall–Kier alpha value is -4.50. The lowest BCUT2D eigenvalue weighted by Crippen LogP contribution is -2.27. The first kappa shape index (κ1) is 46.9. The lowest BCUT2D eigenvalue weighted by Gasteiger charge is -2.19. The molecule has 1 heterocycles. The SMILES string of the molecule is Cl.Cl.NCC(C(=O)Nc1ccc2cnccc2c1)c1ccc(COC(=O)CCCC=CC[C@@H]2[C@@H](C=C[C@@H](O)COc3cccc(C(F)(F)F)c3)[C@H](O)C[C@@H]2O)cc1. The number of halogens is 5. The highest BCUT2D eigenvalue weighted by atomic mass is 35.5. The quantitative estimate of drug-likeness (QED) is 0.0418. The van der Waals surface area contributed by atoms with Gasteiger partial charge in [0.15, 0.2) is 0 Å². The molecule has 1 fully saturated rings. The van der Waals surface area contributed by atoms with E-state index >= 15 is 0 Å². The lowest BCUT2D eigenvalue weighted by atomic mass is 9.89. The summed E-state index contributed by atoms with van der Waals surface area (Å²) in [5.41, 5.74) is 7.29. The second-order valence-electron chi connectivity index (χ2n) is 13.6. The Balaban J connectivity index is 0.00000435. The van der Waals surface area contributed by atoms with E-state index in [0.717, 1.165) is 34.0 Å². The number of nitrogens with one attached hydrogen (secondary N) is 1. The zero-order chi connectivity index (χ0) is 39.4. The molecule has 1 aromatic heterocycles. The van der Waals surface area contributed by atoms with Crippen molar-refractivity contribution < 1.29 is 47.6 Å². The molecule has 5 rings (SSSR count). The van der Waals surface area contributed by atoms with Crippen LogP contribution in [0.2, 0.25) is 0 Å². The molecule has 15 heteroatoms. The van der Waals surface area contributed by atoms with Crippen molar-refractivity contribution in [2.24, 2.45) is 17.6 Å². The Morgan fingerprint density at radius 1 is 0.982 bits per heavy atom. The summed E-state index contributed by atoms with van der Waals surface area (Å²) in [5.74, 6) is -1.93. The molecule has 1 aliphatic carbocycles. The molecule has 10 nitrogen and oxygen atoms in total. The number of amides is 1. The predicted molar refractivity (Wildman–Crippen MR) is 216 cm³/mol. The first-order valence-corrected chi connectivity index (χ1v) is 18.2. The monoisotopic (exact) mass is 833 g/mol. The van der Waals surface area contributed by atoms with Crippen molar-refractivity contribution in [3.05, 3.63) is 126 Å². The summed E-state index contributed by atoms with van der Waals surface area (Å²) >= 11 is 0. The van der Waals surface area contributed by atoms with Crippen LogP contribution in [0.3, 0.4) is 0 Å². The number of fused-ring (bicyclic) bond motifs is 1. The Labute approximate surface area is 341 Å². The number of esters is 1. The highest BCUT2D eigenvalue weighted by Gasteiger charge is 2.39. The summed E-state index contributed by atoms with van der Waals surface area (Å²) in [7, 11) is 0. The summed E-state index contributed by atoms with van der Waals surface area (Å²) in [6.45, 7) is -0.0853. The molecule has 1 saturated carbocycles. The van der Waals surface area contributed by atoms with Gasteiger partial charge in [0.25, 0.3) is 0 Å². The number of unbranched alkanes of at least 4 members (excludes halogenated alkanes) is 1. The Bertz CT molecular complexity index is 1950. The zero-order valence-electron chi connectivity index (χ0n) is 31.0. The Morgan fingerprint density at radius 2 is 1.75 bits per heavy atom. The Kier molecular flexibility index (Phi) is 18.5. The zero-order valence-corrected chi connectivity index (χ0v) is 32.6. The third kappa shape index (κ3) is 13.8. The van der Waals surface area contributed by atoms with E-state index in [-0.39, 0.29) is 81.0 Å². The molecule has 1 aliphatic rings. The van der Waals surface area contributed by atoms with Crippen molar-refractivity contribution in [2.75, 3.05) is 18.5 Å². The molecule has 0 bridgehead atoms. The third-order valence-corrected chi connectivity index (χ3v) is 9.62. The van der Waals surface area contributed by atoms with E-state index in [4.69, 9.17) is 15.2 Å². The summed E-state index contributed by atoms with van der Waals surface area (Å²) in [6, 6.07) is 19.1. The van der Waals surface area contributed by atoms with E-state index in [1.807, 2.05) is 36.4 Å². The molecule has 3 aromatic carbocycles. The number of carbonyl (C=O) groups is 2. The van der Waals surface area contributed by atoms with Crippen LogP contribution >= 0.6 is 24.8 Å². The minimum absolute atomic E-state index is 0. The van der Waals surface area contributed by atoms with Gasteiger partial charge in [-0.25, -0.2) is 0 Å². The fraction of sp³-hybridized carbons (Fsp3) is 0.357. The van der Waals surface area contributed by atoms with Crippen LogP contribution in [-0.4, -0.2) is 63.6 Å². The molecular weight excluding hydrogens is 786 g/mol. The van der Waals surface area contributed by atoms with Gasteiger partial charge in [-0.2, -0.15) is 13.2 Å². The van der Waals surface area contributed by atoms with Crippen LogP contribution in [0.15, 0.2) is 109 Å². The van der Waals surface area contributed by atoms with Crippen molar-refractivity contribution in [3.8, 4) is 5.75 Å². The number of aliphatic hydroxyl groups is 3. The van der Waals surface area contributed by atoms with Crippen molar-refractivity contribution in [1.29, 1.82) is 0 Å². The number of hydrogen-bond donors (Lipinski definition) is 5. The predicted octanol–water partition coefficient (Wildman–Crippen LogP) is 7.29. The number of nitrogens with two attached hydrogens (primary N) is 1. The van der Waals surface area contributed by atoms with Gasteiger partial charge in [0, 0.05) is 48.8 Å². The van der Waals surface area contributed by atoms with Crippen LogP contribution < -0.4 is 15.8 Å². The second kappa shape index (κ2) is 22.4.